The zero-order valence-electron chi connectivity index (χ0n) is 8.72. The Kier molecular flexibility index (Phi) is 3.44. The van der Waals surface area contributed by atoms with E-state index >= 15 is 0 Å². The Labute approximate surface area is 83.2 Å². The van der Waals surface area contributed by atoms with E-state index < -0.39 is 12.5 Å². The third kappa shape index (κ3) is 2.87. The molecule has 1 unspecified atom stereocenters. The van der Waals surface area contributed by atoms with Crippen LogP contribution in [0.4, 0.5) is 8.78 Å². The summed E-state index contributed by atoms with van der Waals surface area (Å²) in [7, 11) is 1.62. The number of nitrogens with zero attached hydrogens (tertiary/aromatic N) is 1. The molecule has 84 valence electrons. The summed E-state index contributed by atoms with van der Waals surface area (Å²) >= 11 is 0. The average molecular weight is 208 g/mol. The lowest BCUT2D eigenvalue weighted by atomic mass is 10.1. The van der Waals surface area contributed by atoms with E-state index in [2.05, 4.69) is 0 Å². The minimum Gasteiger partial charge on any atom is -0.377 e. The molecule has 0 amide bonds. The Hall–Kier alpha value is -0.260. The van der Waals surface area contributed by atoms with Gasteiger partial charge in [-0.1, -0.05) is 0 Å². The summed E-state index contributed by atoms with van der Waals surface area (Å²) in [6, 6.07) is 0. The molecule has 1 fully saturated rings. The Bertz CT molecular complexity index is 201. The van der Waals surface area contributed by atoms with Crippen molar-refractivity contribution in [3.05, 3.63) is 0 Å². The van der Waals surface area contributed by atoms with Crippen molar-refractivity contribution < 1.29 is 13.5 Å². The van der Waals surface area contributed by atoms with Crippen LogP contribution in [-0.4, -0.2) is 49.7 Å². The second kappa shape index (κ2) is 4.08. The minimum absolute atomic E-state index is 0.261. The zero-order chi connectivity index (χ0) is 10.8. The van der Waals surface area contributed by atoms with E-state index in [1.54, 1.807) is 12.0 Å². The van der Waals surface area contributed by atoms with Gasteiger partial charge in [-0.15, -0.1) is 0 Å². The number of hydrogen-bond acceptors (Lipinski definition) is 3. The van der Waals surface area contributed by atoms with Gasteiger partial charge in [0.15, 0.2) is 0 Å². The predicted molar refractivity (Wildman–Crippen MR) is 50.5 cm³/mol. The monoisotopic (exact) mass is 208 g/mol. The topological polar surface area (TPSA) is 38.5 Å². The van der Waals surface area contributed by atoms with E-state index in [1.165, 1.54) is 0 Å². The van der Waals surface area contributed by atoms with E-state index in [0.717, 1.165) is 6.42 Å². The first-order chi connectivity index (χ1) is 6.41. The summed E-state index contributed by atoms with van der Waals surface area (Å²) in [5, 5.41) is 0. The number of alkyl halides is 2. The van der Waals surface area contributed by atoms with Crippen molar-refractivity contribution in [2.24, 2.45) is 5.73 Å². The highest BCUT2D eigenvalue weighted by Gasteiger charge is 2.38. The van der Waals surface area contributed by atoms with Gasteiger partial charge in [0.25, 0.3) is 5.92 Å². The van der Waals surface area contributed by atoms with Gasteiger partial charge in [-0.25, -0.2) is 8.78 Å². The van der Waals surface area contributed by atoms with Gasteiger partial charge < -0.3 is 10.5 Å². The van der Waals surface area contributed by atoms with Crippen LogP contribution >= 0.6 is 0 Å². The maximum atomic E-state index is 13.0. The molecule has 0 aromatic heterocycles. The molecule has 1 saturated heterocycles. The maximum absolute atomic E-state index is 13.0. The molecule has 5 heteroatoms. The molecule has 14 heavy (non-hydrogen) atoms. The fourth-order valence-electron chi connectivity index (χ4n) is 1.72. The molecular formula is C9H18F2N2O. The highest BCUT2D eigenvalue weighted by atomic mass is 19.3. The molecule has 3 nitrogen and oxygen atoms in total. The fourth-order valence-corrected chi connectivity index (χ4v) is 1.72. The smallest absolute Gasteiger partial charge is 0.272 e. The van der Waals surface area contributed by atoms with Crippen molar-refractivity contribution in [2.45, 2.75) is 24.9 Å². The molecule has 1 aliphatic rings. The summed E-state index contributed by atoms with van der Waals surface area (Å²) in [4.78, 5) is 1.70. The number of rotatable bonds is 4. The Morgan fingerprint density at radius 2 is 2.21 bits per heavy atom. The lowest BCUT2D eigenvalue weighted by Crippen LogP contribution is -2.42. The van der Waals surface area contributed by atoms with E-state index in [4.69, 9.17) is 10.5 Å². The summed E-state index contributed by atoms with van der Waals surface area (Å²) in [6.45, 7) is 2.29. The van der Waals surface area contributed by atoms with E-state index in [0.29, 0.717) is 13.1 Å². The molecule has 0 aromatic rings. The number of likely N-dealkylation sites (tertiary alicyclic amines) is 1. The number of halogens is 2. The van der Waals surface area contributed by atoms with Gasteiger partial charge in [-0.2, -0.15) is 0 Å². The molecule has 0 aromatic carbocycles. The van der Waals surface area contributed by atoms with Crippen molar-refractivity contribution in [2.75, 3.05) is 33.3 Å². The summed E-state index contributed by atoms with van der Waals surface area (Å²) < 4.78 is 31.2. The average Bonchev–Trinajstić information content (AvgIpc) is 2.48. The fraction of sp³-hybridized carbons (Fsp3) is 1.00. The molecule has 0 radical (unpaired) electrons. The van der Waals surface area contributed by atoms with Crippen LogP contribution in [0.2, 0.25) is 0 Å². The van der Waals surface area contributed by atoms with Gasteiger partial charge in [0.05, 0.1) is 18.7 Å². The second-order valence-corrected chi connectivity index (χ2v) is 4.17. The SMILES string of the molecule is COC1(C)CCN(CC(F)(F)CN)C1. The molecule has 1 atom stereocenters. The summed E-state index contributed by atoms with van der Waals surface area (Å²) in [5.41, 5.74) is 4.70. The first-order valence-electron chi connectivity index (χ1n) is 4.76. The first-order valence-corrected chi connectivity index (χ1v) is 4.76. The van der Waals surface area contributed by atoms with Gasteiger partial charge in [-0.05, 0) is 13.3 Å². The molecule has 0 aliphatic carbocycles. The Morgan fingerprint density at radius 1 is 1.57 bits per heavy atom. The molecule has 2 N–H and O–H groups in total. The predicted octanol–water partition coefficient (Wildman–Crippen LogP) is 0.691. The van der Waals surface area contributed by atoms with Crippen LogP contribution in [0.3, 0.4) is 0 Å². The van der Waals surface area contributed by atoms with Crippen LogP contribution in [0.5, 0.6) is 0 Å². The number of methoxy groups -OCH3 is 1. The van der Waals surface area contributed by atoms with Crippen LogP contribution in [0.25, 0.3) is 0 Å². The van der Waals surface area contributed by atoms with E-state index in [9.17, 15) is 8.78 Å². The minimum atomic E-state index is -2.78. The van der Waals surface area contributed by atoms with E-state index in [-0.39, 0.29) is 12.1 Å². The highest BCUT2D eigenvalue weighted by Crippen LogP contribution is 2.26. The number of ether oxygens (including phenoxy) is 1. The highest BCUT2D eigenvalue weighted by molar-refractivity contribution is 4.89. The number of hydrogen-bond donors (Lipinski definition) is 1. The third-order valence-corrected chi connectivity index (χ3v) is 2.76. The molecule has 1 aliphatic heterocycles. The van der Waals surface area contributed by atoms with Crippen molar-refractivity contribution in [1.82, 2.24) is 4.90 Å². The lowest BCUT2D eigenvalue weighted by molar-refractivity contribution is -0.0307. The third-order valence-electron chi connectivity index (χ3n) is 2.76. The normalized spacial score (nSPS) is 29.8. The Morgan fingerprint density at radius 3 is 2.64 bits per heavy atom. The van der Waals surface area contributed by atoms with Crippen molar-refractivity contribution >= 4 is 0 Å². The molecule has 0 spiro atoms. The van der Waals surface area contributed by atoms with Crippen LogP contribution in [0.15, 0.2) is 0 Å². The van der Waals surface area contributed by atoms with Gasteiger partial charge >= 0.3 is 0 Å². The molecule has 0 saturated carbocycles. The zero-order valence-corrected chi connectivity index (χ0v) is 8.72. The van der Waals surface area contributed by atoms with Gasteiger partial charge in [0.2, 0.25) is 0 Å². The second-order valence-electron chi connectivity index (χ2n) is 4.17. The molecule has 0 bridgehead atoms. The van der Waals surface area contributed by atoms with Gasteiger partial charge in [0.1, 0.15) is 0 Å². The maximum Gasteiger partial charge on any atom is 0.272 e. The summed E-state index contributed by atoms with van der Waals surface area (Å²) in [6.07, 6.45) is 0.796. The molecular weight excluding hydrogens is 190 g/mol. The lowest BCUT2D eigenvalue weighted by Gasteiger charge is -2.25. The van der Waals surface area contributed by atoms with Gasteiger partial charge in [-0.3, -0.25) is 4.90 Å². The number of nitrogens with two attached hydrogens (primary N) is 1. The summed E-state index contributed by atoms with van der Waals surface area (Å²) in [5.74, 6) is -2.78. The van der Waals surface area contributed by atoms with Crippen LogP contribution < -0.4 is 5.73 Å². The van der Waals surface area contributed by atoms with Gasteiger partial charge in [0, 0.05) is 20.2 Å². The largest absolute Gasteiger partial charge is 0.377 e. The quantitative estimate of drug-likeness (QED) is 0.738. The van der Waals surface area contributed by atoms with Crippen molar-refractivity contribution in [3.63, 3.8) is 0 Å². The van der Waals surface area contributed by atoms with Crippen LogP contribution in [-0.2, 0) is 4.74 Å². The standard InChI is InChI=1S/C9H18F2N2O/c1-8(14-2)3-4-13(6-8)7-9(10,11)5-12/h3-7,12H2,1-2H3. The van der Waals surface area contributed by atoms with Crippen LogP contribution in [0, 0.1) is 0 Å². The van der Waals surface area contributed by atoms with E-state index in [1.807, 2.05) is 6.92 Å². The first kappa shape index (κ1) is 11.8. The van der Waals surface area contributed by atoms with Crippen molar-refractivity contribution in [3.8, 4) is 0 Å². The van der Waals surface area contributed by atoms with Crippen molar-refractivity contribution in [1.29, 1.82) is 0 Å². The van der Waals surface area contributed by atoms with Crippen LogP contribution in [0.1, 0.15) is 13.3 Å². The Balaban J connectivity index is 2.43. The molecule has 1 rings (SSSR count). The molecule has 1 heterocycles.